The lowest BCUT2D eigenvalue weighted by Gasteiger charge is -2.26. The van der Waals surface area contributed by atoms with Gasteiger partial charge in [-0.25, -0.2) is 0 Å². The summed E-state index contributed by atoms with van der Waals surface area (Å²) >= 11 is 0. The van der Waals surface area contributed by atoms with Crippen LogP contribution in [0.1, 0.15) is 194 Å². The number of hydrogen-bond donors (Lipinski definition) is 4. The van der Waals surface area contributed by atoms with Crippen LogP contribution < -0.4 is 5.32 Å². The Morgan fingerprint density at radius 1 is 0.525 bits per heavy atom. The van der Waals surface area contributed by atoms with Crippen LogP contribution in [0.3, 0.4) is 0 Å². The van der Waals surface area contributed by atoms with E-state index in [9.17, 15) is 20.1 Å². The van der Waals surface area contributed by atoms with Crippen molar-refractivity contribution in [2.45, 2.75) is 212 Å². The van der Waals surface area contributed by atoms with Gasteiger partial charge in [-0.05, 0) is 12.8 Å². The lowest BCUT2D eigenvalue weighted by Crippen LogP contribution is -2.50. The molecule has 3 atom stereocenters. The first-order valence-electron chi connectivity index (χ1n) is 17.8. The van der Waals surface area contributed by atoms with Crippen molar-refractivity contribution in [3.63, 3.8) is 0 Å². The van der Waals surface area contributed by atoms with E-state index in [4.69, 9.17) is 0 Å². The molecular weight excluding hydrogens is 498 g/mol. The molecule has 0 saturated carbocycles. The van der Waals surface area contributed by atoms with Crippen molar-refractivity contribution in [3.05, 3.63) is 0 Å². The van der Waals surface area contributed by atoms with Gasteiger partial charge in [0.15, 0.2) is 0 Å². The SMILES string of the molecule is CCCCCCCCCCCCCCCC(=O)NC(CO)C(O)C(O)CCCCCCCCCCCCCCC. The summed E-state index contributed by atoms with van der Waals surface area (Å²) in [5, 5.41) is 33.3. The second-order valence-electron chi connectivity index (χ2n) is 12.4. The zero-order chi connectivity index (χ0) is 29.5. The van der Waals surface area contributed by atoms with E-state index in [1.165, 1.54) is 135 Å². The van der Waals surface area contributed by atoms with Gasteiger partial charge < -0.3 is 20.6 Å². The fourth-order valence-corrected chi connectivity index (χ4v) is 5.63. The van der Waals surface area contributed by atoms with Crippen molar-refractivity contribution in [1.82, 2.24) is 5.32 Å². The summed E-state index contributed by atoms with van der Waals surface area (Å²) in [6, 6.07) is -0.800. The van der Waals surface area contributed by atoms with Gasteiger partial charge in [0.2, 0.25) is 5.91 Å². The quantitative estimate of drug-likeness (QED) is 0.0608. The smallest absolute Gasteiger partial charge is 0.220 e. The standard InChI is InChI=1S/C35H71NO4/c1-3-5-7-9-11-13-15-17-19-21-23-25-27-29-33(38)35(40)32(31-37)36-34(39)30-28-26-24-22-20-18-16-14-12-10-8-6-4-2/h32-33,35,37-38,40H,3-31H2,1-2H3,(H,36,39). The molecule has 240 valence electrons. The molecular formula is C35H71NO4. The largest absolute Gasteiger partial charge is 0.394 e. The van der Waals surface area contributed by atoms with Gasteiger partial charge in [-0.1, -0.05) is 174 Å². The first kappa shape index (κ1) is 39.4. The van der Waals surface area contributed by atoms with Gasteiger partial charge in [0.05, 0.1) is 18.8 Å². The topological polar surface area (TPSA) is 89.8 Å². The van der Waals surface area contributed by atoms with E-state index in [2.05, 4.69) is 19.2 Å². The average molecular weight is 570 g/mol. The lowest BCUT2D eigenvalue weighted by atomic mass is 9.99. The Kier molecular flexibility index (Phi) is 30.8. The molecule has 0 aliphatic carbocycles. The highest BCUT2D eigenvalue weighted by Crippen LogP contribution is 2.16. The second kappa shape index (κ2) is 31.3. The molecule has 4 N–H and O–H groups in total. The molecule has 5 nitrogen and oxygen atoms in total. The van der Waals surface area contributed by atoms with Crippen molar-refractivity contribution in [2.75, 3.05) is 6.61 Å². The molecule has 0 aromatic carbocycles. The fraction of sp³-hybridized carbons (Fsp3) is 0.971. The number of carbonyl (C=O) groups is 1. The maximum absolute atomic E-state index is 12.3. The van der Waals surface area contributed by atoms with Crippen molar-refractivity contribution >= 4 is 5.91 Å². The Bertz CT molecular complexity index is 516. The minimum Gasteiger partial charge on any atom is -0.394 e. The van der Waals surface area contributed by atoms with E-state index < -0.39 is 18.2 Å². The monoisotopic (exact) mass is 570 g/mol. The van der Waals surface area contributed by atoms with E-state index in [1.807, 2.05) is 0 Å². The number of nitrogens with one attached hydrogen (secondary N) is 1. The van der Waals surface area contributed by atoms with E-state index in [0.29, 0.717) is 12.8 Å². The molecule has 0 heterocycles. The zero-order valence-corrected chi connectivity index (χ0v) is 27.0. The molecule has 0 rings (SSSR count). The Labute approximate surface area is 249 Å². The van der Waals surface area contributed by atoms with Crippen LogP contribution in [0.4, 0.5) is 0 Å². The summed E-state index contributed by atoms with van der Waals surface area (Å²) in [4.78, 5) is 12.3. The van der Waals surface area contributed by atoms with Gasteiger partial charge in [-0.2, -0.15) is 0 Å². The molecule has 0 aromatic rings. The molecule has 0 spiro atoms. The van der Waals surface area contributed by atoms with Gasteiger partial charge in [-0.3, -0.25) is 4.79 Å². The highest BCUT2D eigenvalue weighted by Gasteiger charge is 2.26. The molecule has 1 amide bonds. The van der Waals surface area contributed by atoms with Crippen LogP contribution in [0.5, 0.6) is 0 Å². The van der Waals surface area contributed by atoms with Crippen LogP contribution in [-0.4, -0.2) is 46.1 Å². The first-order valence-corrected chi connectivity index (χ1v) is 17.8. The Hall–Kier alpha value is -0.650. The first-order chi connectivity index (χ1) is 19.6. The third-order valence-corrected chi connectivity index (χ3v) is 8.46. The second-order valence-corrected chi connectivity index (χ2v) is 12.4. The van der Waals surface area contributed by atoms with Gasteiger partial charge in [0.1, 0.15) is 6.10 Å². The summed E-state index contributed by atoms with van der Waals surface area (Å²) in [6.45, 7) is 4.16. The van der Waals surface area contributed by atoms with E-state index >= 15 is 0 Å². The van der Waals surface area contributed by atoms with Crippen molar-refractivity contribution in [3.8, 4) is 0 Å². The van der Waals surface area contributed by atoms with Gasteiger partial charge in [0.25, 0.3) is 0 Å². The predicted molar refractivity (Wildman–Crippen MR) is 172 cm³/mol. The number of carbonyl (C=O) groups excluding carboxylic acids is 1. The van der Waals surface area contributed by atoms with Crippen LogP contribution in [0.25, 0.3) is 0 Å². The third-order valence-electron chi connectivity index (χ3n) is 8.46. The number of amides is 1. The molecule has 0 aliphatic rings. The predicted octanol–water partition coefficient (Wildman–Crippen LogP) is 9.15. The Balaban J connectivity index is 3.68. The molecule has 5 heteroatoms. The van der Waals surface area contributed by atoms with E-state index in [0.717, 1.165) is 32.1 Å². The minimum absolute atomic E-state index is 0.144. The van der Waals surface area contributed by atoms with Crippen LogP contribution in [-0.2, 0) is 4.79 Å². The number of aliphatic hydroxyl groups is 3. The maximum Gasteiger partial charge on any atom is 0.220 e. The summed E-state index contributed by atoms with van der Waals surface area (Å²) in [6.07, 6.45) is 31.8. The summed E-state index contributed by atoms with van der Waals surface area (Å²) in [7, 11) is 0. The summed E-state index contributed by atoms with van der Waals surface area (Å²) in [5.74, 6) is -0.144. The van der Waals surface area contributed by atoms with E-state index in [-0.39, 0.29) is 12.5 Å². The number of hydrogen-bond acceptors (Lipinski definition) is 4. The number of unbranched alkanes of at least 4 members (excludes halogenated alkanes) is 24. The van der Waals surface area contributed by atoms with Gasteiger partial charge in [0, 0.05) is 6.42 Å². The third kappa shape index (κ3) is 26.3. The Morgan fingerprint density at radius 3 is 1.20 bits per heavy atom. The number of rotatable bonds is 32. The van der Waals surface area contributed by atoms with Crippen LogP contribution >= 0.6 is 0 Å². The molecule has 0 fully saturated rings. The molecule has 0 bridgehead atoms. The highest BCUT2D eigenvalue weighted by molar-refractivity contribution is 5.76. The van der Waals surface area contributed by atoms with Gasteiger partial charge >= 0.3 is 0 Å². The lowest BCUT2D eigenvalue weighted by molar-refractivity contribution is -0.124. The summed E-state index contributed by atoms with van der Waals surface area (Å²) < 4.78 is 0. The van der Waals surface area contributed by atoms with Crippen LogP contribution in [0, 0.1) is 0 Å². The highest BCUT2D eigenvalue weighted by atomic mass is 16.3. The zero-order valence-electron chi connectivity index (χ0n) is 27.0. The van der Waals surface area contributed by atoms with Crippen molar-refractivity contribution in [1.29, 1.82) is 0 Å². The van der Waals surface area contributed by atoms with Crippen LogP contribution in [0.15, 0.2) is 0 Å². The van der Waals surface area contributed by atoms with Gasteiger partial charge in [-0.15, -0.1) is 0 Å². The molecule has 0 saturated heterocycles. The summed E-state index contributed by atoms with van der Waals surface area (Å²) in [5.41, 5.74) is 0. The normalized spacial score (nSPS) is 13.8. The maximum atomic E-state index is 12.3. The van der Waals surface area contributed by atoms with Crippen molar-refractivity contribution < 1.29 is 20.1 Å². The average Bonchev–Trinajstić information content (AvgIpc) is 2.96. The minimum atomic E-state index is -1.13. The van der Waals surface area contributed by atoms with Crippen molar-refractivity contribution in [2.24, 2.45) is 0 Å². The molecule has 0 aliphatic heterocycles. The van der Waals surface area contributed by atoms with E-state index in [1.54, 1.807) is 0 Å². The molecule has 3 unspecified atom stereocenters. The fourth-order valence-electron chi connectivity index (χ4n) is 5.63. The van der Waals surface area contributed by atoms with Crippen LogP contribution in [0.2, 0.25) is 0 Å². The molecule has 0 radical (unpaired) electrons. The number of aliphatic hydroxyl groups excluding tert-OH is 3. The molecule has 0 aromatic heterocycles. The Morgan fingerprint density at radius 2 is 0.850 bits per heavy atom. The molecule has 40 heavy (non-hydrogen) atoms.